The van der Waals surface area contributed by atoms with Gasteiger partial charge in [-0.2, -0.15) is 4.31 Å². The SMILES string of the molecule is CS(=O)(=O)N1Cc2cccc(-c3ccc4cnc(Nc5ccc(C6CN(CC(N)=O)C6)cc5)nn34)c2C1. The molecule has 0 bridgehead atoms. The van der Waals surface area contributed by atoms with Crippen LogP contribution in [-0.4, -0.2) is 64.0 Å². The molecule has 0 unspecified atom stereocenters. The van der Waals surface area contributed by atoms with Crippen molar-refractivity contribution in [1.29, 1.82) is 0 Å². The van der Waals surface area contributed by atoms with Crippen LogP contribution in [0, 0.1) is 0 Å². The second kappa shape index (κ2) is 8.94. The quantitative estimate of drug-likeness (QED) is 0.385. The van der Waals surface area contributed by atoms with E-state index < -0.39 is 10.0 Å². The molecule has 1 amide bonds. The van der Waals surface area contributed by atoms with Crippen molar-refractivity contribution in [3.8, 4) is 11.3 Å². The highest BCUT2D eigenvalue weighted by molar-refractivity contribution is 7.88. The highest BCUT2D eigenvalue weighted by Crippen LogP contribution is 2.34. The van der Waals surface area contributed by atoms with E-state index in [-0.39, 0.29) is 5.91 Å². The van der Waals surface area contributed by atoms with Crippen LogP contribution in [0.1, 0.15) is 22.6 Å². The van der Waals surface area contributed by atoms with E-state index in [0.29, 0.717) is 31.5 Å². The Labute approximate surface area is 214 Å². The topological polar surface area (TPSA) is 126 Å². The maximum atomic E-state index is 12.1. The van der Waals surface area contributed by atoms with Crippen LogP contribution in [0.25, 0.3) is 16.8 Å². The third-order valence-corrected chi connectivity index (χ3v) is 8.27. The molecule has 1 fully saturated rings. The second-order valence-corrected chi connectivity index (χ2v) is 11.7. The summed E-state index contributed by atoms with van der Waals surface area (Å²) >= 11 is 0. The number of nitrogens with two attached hydrogens (primary N) is 1. The number of amides is 1. The smallest absolute Gasteiger partial charge is 0.245 e. The number of primary amides is 1. The van der Waals surface area contributed by atoms with E-state index in [1.807, 2.05) is 51.9 Å². The van der Waals surface area contributed by atoms with Crippen molar-refractivity contribution in [3.05, 3.63) is 77.5 Å². The van der Waals surface area contributed by atoms with Crippen LogP contribution in [0.5, 0.6) is 0 Å². The summed E-state index contributed by atoms with van der Waals surface area (Å²) in [5, 5.41) is 8.01. The minimum atomic E-state index is -3.28. The van der Waals surface area contributed by atoms with Gasteiger partial charge in [-0.15, -0.1) is 5.10 Å². The Balaban J connectivity index is 1.22. The van der Waals surface area contributed by atoms with E-state index >= 15 is 0 Å². The lowest BCUT2D eigenvalue weighted by molar-refractivity contribution is -0.120. The predicted molar refractivity (Wildman–Crippen MR) is 141 cm³/mol. The highest BCUT2D eigenvalue weighted by Gasteiger charge is 2.29. The summed E-state index contributed by atoms with van der Waals surface area (Å²) in [4.78, 5) is 17.6. The van der Waals surface area contributed by atoms with E-state index in [9.17, 15) is 13.2 Å². The Kier molecular flexibility index (Phi) is 5.70. The number of rotatable bonds is 7. The van der Waals surface area contributed by atoms with Gasteiger partial charge in [0.1, 0.15) is 0 Å². The first-order valence-electron chi connectivity index (χ1n) is 12.0. The summed E-state index contributed by atoms with van der Waals surface area (Å²) in [6.07, 6.45) is 3.01. The number of nitrogens with one attached hydrogen (secondary N) is 1. The van der Waals surface area contributed by atoms with Crippen LogP contribution in [-0.2, 0) is 27.9 Å². The van der Waals surface area contributed by atoms with Gasteiger partial charge in [0, 0.05) is 43.3 Å². The minimum Gasteiger partial charge on any atom is -0.369 e. The summed E-state index contributed by atoms with van der Waals surface area (Å²) in [6.45, 7) is 2.70. The van der Waals surface area contributed by atoms with Crippen LogP contribution >= 0.6 is 0 Å². The van der Waals surface area contributed by atoms with E-state index in [4.69, 9.17) is 10.8 Å². The Hall–Kier alpha value is -3.80. The summed E-state index contributed by atoms with van der Waals surface area (Å²) < 4.78 is 27.6. The van der Waals surface area contributed by atoms with Crippen LogP contribution in [0.2, 0.25) is 0 Å². The number of benzene rings is 2. The maximum Gasteiger partial charge on any atom is 0.245 e. The third-order valence-electron chi connectivity index (χ3n) is 7.07. The number of aromatic nitrogens is 3. The van der Waals surface area contributed by atoms with E-state index in [1.165, 1.54) is 16.1 Å². The molecule has 2 aromatic carbocycles. The zero-order valence-corrected chi connectivity index (χ0v) is 21.1. The fourth-order valence-electron chi connectivity index (χ4n) is 5.13. The number of sulfonamides is 1. The van der Waals surface area contributed by atoms with Crippen LogP contribution in [0.15, 0.2) is 60.8 Å². The van der Waals surface area contributed by atoms with Crippen molar-refractivity contribution < 1.29 is 13.2 Å². The summed E-state index contributed by atoms with van der Waals surface area (Å²) in [6, 6.07) is 18.0. The lowest BCUT2D eigenvalue weighted by Gasteiger charge is -2.38. The molecule has 11 heteroatoms. The van der Waals surface area contributed by atoms with Crippen molar-refractivity contribution in [2.45, 2.75) is 19.0 Å². The summed E-state index contributed by atoms with van der Waals surface area (Å²) in [7, 11) is -3.28. The molecule has 2 aliphatic rings. The number of fused-ring (bicyclic) bond motifs is 2. The summed E-state index contributed by atoms with van der Waals surface area (Å²) in [5.74, 6) is 0.558. The van der Waals surface area contributed by atoms with Gasteiger partial charge in [-0.1, -0.05) is 30.3 Å². The third kappa shape index (κ3) is 4.57. The zero-order chi connectivity index (χ0) is 25.7. The fourth-order valence-corrected chi connectivity index (χ4v) is 5.86. The molecule has 4 aromatic rings. The lowest BCUT2D eigenvalue weighted by Crippen LogP contribution is -2.48. The minimum absolute atomic E-state index is 0.298. The van der Waals surface area contributed by atoms with Gasteiger partial charge in [0.2, 0.25) is 21.9 Å². The van der Waals surface area contributed by atoms with Gasteiger partial charge >= 0.3 is 0 Å². The molecule has 2 aliphatic heterocycles. The molecule has 0 aliphatic carbocycles. The molecule has 0 saturated carbocycles. The molecule has 4 heterocycles. The average Bonchev–Trinajstić information content (AvgIpc) is 3.46. The summed E-state index contributed by atoms with van der Waals surface area (Å²) in [5.41, 5.74) is 12.1. The van der Waals surface area contributed by atoms with Gasteiger partial charge in [-0.3, -0.25) is 9.69 Å². The largest absolute Gasteiger partial charge is 0.369 e. The first-order valence-corrected chi connectivity index (χ1v) is 13.9. The molecule has 1 saturated heterocycles. The molecule has 6 rings (SSSR count). The van der Waals surface area contributed by atoms with Crippen LogP contribution in [0.4, 0.5) is 11.6 Å². The molecule has 0 radical (unpaired) electrons. The maximum absolute atomic E-state index is 12.1. The number of likely N-dealkylation sites (tertiary alicyclic amines) is 1. The number of carbonyl (C=O) groups is 1. The highest BCUT2D eigenvalue weighted by atomic mass is 32.2. The molecule has 0 atom stereocenters. The van der Waals surface area contributed by atoms with Crippen molar-refractivity contribution >= 4 is 33.1 Å². The molecule has 2 aromatic heterocycles. The van der Waals surface area contributed by atoms with Gasteiger partial charge in [0.15, 0.2) is 0 Å². The lowest BCUT2D eigenvalue weighted by atomic mass is 9.91. The number of nitrogens with zero attached hydrogens (tertiary/aromatic N) is 5. The average molecular weight is 518 g/mol. The van der Waals surface area contributed by atoms with Gasteiger partial charge < -0.3 is 11.1 Å². The number of hydrogen-bond donors (Lipinski definition) is 2. The molecule has 37 heavy (non-hydrogen) atoms. The zero-order valence-electron chi connectivity index (χ0n) is 20.3. The number of hydrogen-bond acceptors (Lipinski definition) is 7. The Morgan fingerprint density at radius 1 is 1.08 bits per heavy atom. The van der Waals surface area contributed by atoms with Crippen molar-refractivity contribution in [1.82, 2.24) is 23.8 Å². The van der Waals surface area contributed by atoms with E-state index in [1.54, 1.807) is 6.20 Å². The molecule has 10 nitrogen and oxygen atoms in total. The molecule has 190 valence electrons. The van der Waals surface area contributed by atoms with Gasteiger partial charge in [-0.25, -0.2) is 17.9 Å². The fraction of sp³-hybridized carbons (Fsp3) is 0.269. The monoisotopic (exact) mass is 517 g/mol. The second-order valence-electron chi connectivity index (χ2n) is 9.72. The first-order chi connectivity index (χ1) is 17.7. The first kappa shape index (κ1) is 23.6. The van der Waals surface area contributed by atoms with Crippen molar-refractivity contribution in [2.24, 2.45) is 5.73 Å². The molecule has 3 N–H and O–H groups in total. The van der Waals surface area contributed by atoms with Crippen molar-refractivity contribution in [3.63, 3.8) is 0 Å². The Morgan fingerprint density at radius 3 is 2.59 bits per heavy atom. The van der Waals surface area contributed by atoms with Crippen LogP contribution in [0.3, 0.4) is 0 Å². The molecular formula is C26H27N7O3S. The molecular weight excluding hydrogens is 490 g/mol. The normalized spacial score (nSPS) is 16.6. The van der Waals surface area contributed by atoms with Crippen LogP contribution < -0.4 is 11.1 Å². The van der Waals surface area contributed by atoms with E-state index in [2.05, 4.69) is 22.4 Å². The molecule has 0 spiro atoms. The predicted octanol–water partition coefficient (Wildman–Crippen LogP) is 2.30. The van der Waals surface area contributed by atoms with Crippen molar-refractivity contribution in [2.75, 3.05) is 31.2 Å². The number of carbonyl (C=O) groups excluding carboxylic acids is 1. The van der Waals surface area contributed by atoms with Gasteiger partial charge in [0.25, 0.3) is 0 Å². The van der Waals surface area contributed by atoms with E-state index in [0.717, 1.165) is 46.7 Å². The Morgan fingerprint density at radius 2 is 1.86 bits per heavy atom. The Bertz CT molecular complexity index is 1610. The number of anilines is 2. The van der Waals surface area contributed by atoms with Gasteiger partial charge in [-0.05, 0) is 41.0 Å². The standard InChI is InChI=1S/C26H27N7O3S/c1-37(35,36)32-14-18-3-2-4-22(23(18)15-32)24-10-9-21-11-28-26(30-33(21)24)29-20-7-5-17(6-8-20)19-12-31(13-19)16-25(27)34/h2-11,19H,12-16H2,1H3,(H2,27,34)(H,29,30). The van der Waals surface area contributed by atoms with Gasteiger partial charge in [0.05, 0.1) is 30.2 Å².